The summed E-state index contributed by atoms with van der Waals surface area (Å²) >= 11 is 0. The van der Waals surface area contributed by atoms with Crippen molar-refractivity contribution in [3.05, 3.63) is 53.0 Å². The number of aliphatic imine (C=N–C) groups is 1. The van der Waals surface area contributed by atoms with Gasteiger partial charge in [0.1, 0.15) is 0 Å². The Morgan fingerprint density at radius 1 is 1.00 bits per heavy atom. The van der Waals surface area contributed by atoms with Gasteiger partial charge in [0, 0.05) is 23.8 Å². The molecule has 0 aliphatic carbocycles. The maximum Gasteiger partial charge on any atom is 0.0372 e. The fourth-order valence-electron chi connectivity index (χ4n) is 1.27. The van der Waals surface area contributed by atoms with E-state index in [1.807, 2.05) is 39.2 Å². The van der Waals surface area contributed by atoms with Crippen LogP contribution in [0.15, 0.2) is 46.7 Å². The standard InChI is InChI=1S/C8H11N.C7H9N/c1-7-4-3-5-8(2)9-6-7;1-6-3-4-7(2)8-5-6/h4-6H,3H2,1-2H3;3-5H,1-2H3. The molecule has 2 heterocycles. The summed E-state index contributed by atoms with van der Waals surface area (Å²) in [5, 5.41) is 0. The molecule has 17 heavy (non-hydrogen) atoms. The number of allylic oxidation sites excluding steroid dienone is 4. The molecular weight excluding hydrogens is 208 g/mol. The zero-order chi connectivity index (χ0) is 12.7. The second kappa shape index (κ2) is 6.79. The van der Waals surface area contributed by atoms with Gasteiger partial charge in [0.25, 0.3) is 0 Å². The van der Waals surface area contributed by atoms with Crippen LogP contribution in [-0.4, -0.2) is 11.2 Å². The van der Waals surface area contributed by atoms with E-state index in [2.05, 4.69) is 35.1 Å². The Morgan fingerprint density at radius 3 is 2.35 bits per heavy atom. The number of hydrogen-bond donors (Lipinski definition) is 0. The molecule has 2 rings (SSSR count). The van der Waals surface area contributed by atoms with Crippen LogP contribution in [0.5, 0.6) is 0 Å². The monoisotopic (exact) mass is 228 g/mol. The van der Waals surface area contributed by atoms with Gasteiger partial charge in [-0.2, -0.15) is 0 Å². The Morgan fingerprint density at radius 2 is 1.76 bits per heavy atom. The zero-order valence-corrected chi connectivity index (χ0v) is 11.1. The lowest BCUT2D eigenvalue weighted by Crippen LogP contribution is -1.78. The second-order valence-electron chi connectivity index (χ2n) is 4.26. The first-order chi connectivity index (χ1) is 8.08. The molecule has 0 unspecified atom stereocenters. The van der Waals surface area contributed by atoms with Crippen LogP contribution in [0.25, 0.3) is 0 Å². The van der Waals surface area contributed by atoms with Crippen LogP contribution in [0.2, 0.25) is 0 Å². The van der Waals surface area contributed by atoms with E-state index in [1.54, 1.807) is 0 Å². The molecule has 0 bridgehead atoms. The summed E-state index contributed by atoms with van der Waals surface area (Å²) in [7, 11) is 0. The summed E-state index contributed by atoms with van der Waals surface area (Å²) in [6.07, 6.45) is 9.08. The summed E-state index contributed by atoms with van der Waals surface area (Å²) in [4.78, 5) is 8.25. The molecule has 0 atom stereocenters. The lowest BCUT2D eigenvalue weighted by Gasteiger charge is -1.89. The summed E-state index contributed by atoms with van der Waals surface area (Å²) in [5.41, 5.74) is 4.66. The molecule has 0 saturated carbocycles. The van der Waals surface area contributed by atoms with Crippen molar-refractivity contribution >= 4 is 6.21 Å². The average molecular weight is 228 g/mol. The Kier molecular flexibility index (Phi) is 5.34. The molecule has 2 heteroatoms. The van der Waals surface area contributed by atoms with Crippen molar-refractivity contribution in [2.45, 2.75) is 34.1 Å². The topological polar surface area (TPSA) is 25.2 Å². The summed E-state index contributed by atoms with van der Waals surface area (Å²) < 4.78 is 0. The van der Waals surface area contributed by atoms with Crippen LogP contribution in [0.4, 0.5) is 0 Å². The van der Waals surface area contributed by atoms with Gasteiger partial charge in [-0.05, 0) is 51.3 Å². The van der Waals surface area contributed by atoms with Gasteiger partial charge in [0.2, 0.25) is 0 Å². The van der Waals surface area contributed by atoms with E-state index >= 15 is 0 Å². The number of rotatable bonds is 0. The number of hydrogen-bond acceptors (Lipinski definition) is 2. The molecule has 1 aromatic heterocycles. The largest absolute Gasteiger partial charge is 0.262 e. The van der Waals surface area contributed by atoms with E-state index in [0.29, 0.717) is 0 Å². The molecule has 1 aliphatic heterocycles. The van der Waals surface area contributed by atoms with Gasteiger partial charge in [0.05, 0.1) is 0 Å². The van der Waals surface area contributed by atoms with Gasteiger partial charge in [-0.3, -0.25) is 9.98 Å². The highest BCUT2D eigenvalue weighted by molar-refractivity contribution is 5.78. The van der Waals surface area contributed by atoms with Crippen LogP contribution in [-0.2, 0) is 0 Å². The molecule has 0 amide bonds. The smallest absolute Gasteiger partial charge is 0.0372 e. The van der Waals surface area contributed by atoms with Gasteiger partial charge < -0.3 is 0 Å². The van der Waals surface area contributed by atoms with Crippen molar-refractivity contribution in [3.63, 3.8) is 0 Å². The summed E-state index contributed by atoms with van der Waals surface area (Å²) in [6, 6.07) is 4.07. The van der Waals surface area contributed by atoms with Crippen molar-refractivity contribution in [1.82, 2.24) is 4.98 Å². The molecule has 0 spiro atoms. The second-order valence-corrected chi connectivity index (χ2v) is 4.26. The molecule has 1 aliphatic rings. The van der Waals surface area contributed by atoms with E-state index in [0.717, 1.165) is 17.8 Å². The number of pyridine rings is 1. The lowest BCUT2D eigenvalue weighted by atomic mass is 10.2. The van der Waals surface area contributed by atoms with Gasteiger partial charge in [0.15, 0.2) is 0 Å². The van der Waals surface area contributed by atoms with Crippen LogP contribution in [0.1, 0.15) is 31.5 Å². The molecular formula is C15H20N2. The predicted octanol–water partition coefficient (Wildman–Crippen LogP) is 4.01. The molecule has 0 aromatic carbocycles. The lowest BCUT2D eigenvalue weighted by molar-refractivity contribution is 1.17. The molecule has 0 N–H and O–H groups in total. The van der Waals surface area contributed by atoms with Crippen molar-refractivity contribution in [2.75, 3.05) is 0 Å². The van der Waals surface area contributed by atoms with Crippen LogP contribution >= 0.6 is 0 Å². The molecule has 0 radical (unpaired) electrons. The van der Waals surface area contributed by atoms with Gasteiger partial charge in [-0.15, -0.1) is 0 Å². The highest BCUT2D eigenvalue weighted by atomic mass is 14.7. The predicted molar refractivity (Wildman–Crippen MR) is 74.3 cm³/mol. The Balaban J connectivity index is 0.000000171. The minimum Gasteiger partial charge on any atom is -0.262 e. The third kappa shape index (κ3) is 5.81. The summed E-state index contributed by atoms with van der Waals surface area (Å²) in [5.74, 6) is 0. The molecule has 2 nitrogen and oxygen atoms in total. The molecule has 0 saturated heterocycles. The van der Waals surface area contributed by atoms with Crippen molar-refractivity contribution in [1.29, 1.82) is 0 Å². The minimum absolute atomic E-state index is 1.03. The highest BCUT2D eigenvalue weighted by Gasteiger charge is 1.88. The highest BCUT2D eigenvalue weighted by Crippen LogP contribution is 2.04. The van der Waals surface area contributed by atoms with Crippen molar-refractivity contribution in [2.24, 2.45) is 4.99 Å². The average Bonchev–Trinajstić information content (AvgIpc) is 2.49. The molecule has 1 aromatic rings. The maximum absolute atomic E-state index is 4.17. The van der Waals surface area contributed by atoms with E-state index in [1.165, 1.54) is 11.1 Å². The first-order valence-electron chi connectivity index (χ1n) is 5.85. The van der Waals surface area contributed by atoms with Gasteiger partial charge in [-0.1, -0.05) is 18.2 Å². The Hall–Kier alpha value is -1.70. The van der Waals surface area contributed by atoms with Crippen molar-refractivity contribution < 1.29 is 0 Å². The third-order valence-corrected chi connectivity index (χ3v) is 2.38. The van der Waals surface area contributed by atoms with E-state index in [-0.39, 0.29) is 0 Å². The van der Waals surface area contributed by atoms with E-state index < -0.39 is 0 Å². The first kappa shape index (κ1) is 13.4. The maximum atomic E-state index is 4.17. The van der Waals surface area contributed by atoms with E-state index in [4.69, 9.17) is 0 Å². The first-order valence-corrected chi connectivity index (χ1v) is 5.85. The van der Waals surface area contributed by atoms with E-state index in [9.17, 15) is 0 Å². The SMILES string of the molecule is CC1=CCC=C(C)N=C1.Cc1ccc(C)nc1. The zero-order valence-electron chi connectivity index (χ0n) is 11.1. The van der Waals surface area contributed by atoms with Crippen molar-refractivity contribution in [3.8, 4) is 0 Å². The van der Waals surface area contributed by atoms with Crippen LogP contribution < -0.4 is 0 Å². The fourth-order valence-corrected chi connectivity index (χ4v) is 1.27. The molecule has 0 fully saturated rings. The minimum atomic E-state index is 1.03. The summed E-state index contributed by atoms with van der Waals surface area (Å²) in [6.45, 7) is 8.10. The fraction of sp³-hybridized carbons (Fsp3) is 0.333. The van der Waals surface area contributed by atoms with Gasteiger partial charge in [-0.25, -0.2) is 0 Å². The van der Waals surface area contributed by atoms with Crippen LogP contribution in [0, 0.1) is 13.8 Å². The van der Waals surface area contributed by atoms with Gasteiger partial charge >= 0.3 is 0 Å². The molecule has 90 valence electrons. The third-order valence-electron chi connectivity index (χ3n) is 2.38. The Bertz CT molecular complexity index is 395. The Labute approximate surface area is 104 Å². The number of aryl methyl sites for hydroxylation is 2. The normalized spacial score (nSPS) is 14.1. The van der Waals surface area contributed by atoms with Crippen LogP contribution in [0.3, 0.4) is 0 Å². The number of nitrogens with zero attached hydrogens (tertiary/aromatic N) is 2. The quantitative estimate of drug-likeness (QED) is 0.658. The number of aromatic nitrogens is 1.